The van der Waals surface area contributed by atoms with Crippen LogP contribution in [0.4, 0.5) is 4.39 Å². The van der Waals surface area contributed by atoms with Gasteiger partial charge in [0, 0.05) is 16.7 Å². The van der Waals surface area contributed by atoms with E-state index in [1.54, 1.807) is 31.4 Å². The van der Waals surface area contributed by atoms with Crippen molar-refractivity contribution < 1.29 is 13.9 Å². The monoisotopic (exact) mass is 268 g/mol. The van der Waals surface area contributed by atoms with Gasteiger partial charge in [0.25, 0.3) is 0 Å². The first-order chi connectivity index (χ1) is 9.60. The van der Waals surface area contributed by atoms with Crippen LogP contribution in [0.5, 0.6) is 5.75 Å². The van der Waals surface area contributed by atoms with E-state index in [0.717, 1.165) is 11.3 Å². The summed E-state index contributed by atoms with van der Waals surface area (Å²) in [4.78, 5) is 11.5. The van der Waals surface area contributed by atoms with Crippen LogP contribution in [0.3, 0.4) is 0 Å². The predicted molar refractivity (Wildman–Crippen MR) is 75.4 cm³/mol. The number of hydrogen-bond donors (Lipinski definition) is 0. The van der Waals surface area contributed by atoms with E-state index in [2.05, 4.69) is 11.8 Å². The Morgan fingerprint density at radius 1 is 1.10 bits per heavy atom. The Hall–Kier alpha value is -2.60. The number of carbonyl (C=O) groups is 1. The van der Waals surface area contributed by atoms with Crippen LogP contribution in [0, 0.1) is 17.7 Å². The molecule has 20 heavy (non-hydrogen) atoms. The minimum absolute atomic E-state index is 0.135. The Bertz CT molecular complexity index is 691. The Morgan fingerprint density at radius 3 is 2.40 bits per heavy atom. The van der Waals surface area contributed by atoms with Gasteiger partial charge in [0.1, 0.15) is 11.6 Å². The molecule has 2 nitrogen and oxygen atoms in total. The Balaban J connectivity index is 2.36. The summed E-state index contributed by atoms with van der Waals surface area (Å²) >= 11 is 0. The maximum absolute atomic E-state index is 13.2. The summed E-state index contributed by atoms with van der Waals surface area (Å²) < 4.78 is 18.3. The molecule has 0 unspecified atom stereocenters. The van der Waals surface area contributed by atoms with Gasteiger partial charge in [-0.05, 0) is 49.4 Å². The normalized spacial score (nSPS) is 9.55. The summed E-state index contributed by atoms with van der Waals surface area (Å²) in [6, 6.07) is 11.2. The number of Topliss-reactive ketones (excluding diaryl/α,β-unsaturated/α-hetero) is 1. The molecular formula is C17H13FO2. The van der Waals surface area contributed by atoms with Crippen LogP contribution in [-0.4, -0.2) is 12.9 Å². The standard InChI is InChI=1S/C17H13FO2/c1-12(19)17-10-7-15(18)11-14(17)6-3-13-4-8-16(20-2)9-5-13/h4-5,7-11H,1-2H3. The lowest BCUT2D eigenvalue weighted by atomic mass is 10.0. The number of ether oxygens (including phenoxy) is 1. The van der Waals surface area contributed by atoms with Crippen LogP contribution in [0.2, 0.25) is 0 Å². The highest BCUT2D eigenvalue weighted by molar-refractivity contribution is 5.96. The molecule has 0 amide bonds. The molecule has 0 bridgehead atoms. The summed E-state index contributed by atoms with van der Waals surface area (Å²) in [5.74, 6) is 5.95. The molecule has 0 saturated carbocycles. The van der Waals surface area contributed by atoms with Gasteiger partial charge in [-0.25, -0.2) is 4.39 Å². The second-order valence-electron chi connectivity index (χ2n) is 4.22. The fourth-order valence-electron chi connectivity index (χ4n) is 1.74. The zero-order valence-electron chi connectivity index (χ0n) is 11.2. The molecule has 0 radical (unpaired) electrons. The average molecular weight is 268 g/mol. The molecule has 0 atom stereocenters. The van der Waals surface area contributed by atoms with Crippen molar-refractivity contribution in [2.75, 3.05) is 7.11 Å². The van der Waals surface area contributed by atoms with Gasteiger partial charge < -0.3 is 4.74 Å². The molecule has 2 aromatic carbocycles. The van der Waals surface area contributed by atoms with Crippen LogP contribution in [0.25, 0.3) is 0 Å². The van der Waals surface area contributed by atoms with Gasteiger partial charge in [0.15, 0.2) is 5.78 Å². The average Bonchev–Trinajstić information content (AvgIpc) is 2.45. The molecule has 0 aromatic heterocycles. The first-order valence-electron chi connectivity index (χ1n) is 6.06. The molecule has 0 aliphatic rings. The van der Waals surface area contributed by atoms with Gasteiger partial charge in [-0.15, -0.1) is 0 Å². The molecule has 100 valence electrons. The largest absolute Gasteiger partial charge is 0.497 e. The molecule has 0 saturated heterocycles. The van der Waals surface area contributed by atoms with E-state index in [4.69, 9.17) is 4.74 Å². The van der Waals surface area contributed by atoms with Crippen molar-refractivity contribution in [2.24, 2.45) is 0 Å². The second-order valence-corrected chi connectivity index (χ2v) is 4.22. The highest BCUT2D eigenvalue weighted by atomic mass is 19.1. The third-order valence-corrected chi connectivity index (χ3v) is 2.79. The first kappa shape index (κ1) is 13.8. The third kappa shape index (κ3) is 3.24. The number of rotatable bonds is 2. The predicted octanol–water partition coefficient (Wildman–Crippen LogP) is 3.44. The van der Waals surface area contributed by atoms with Gasteiger partial charge in [0.05, 0.1) is 7.11 Å². The fourth-order valence-corrected chi connectivity index (χ4v) is 1.74. The van der Waals surface area contributed by atoms with Crippen LogP contribution >= 0.6 is 0 Å². The number of halogens is 1. The summed E-state index contributed by atoms with van der Waals surface area (Å²) in [7, 11) is 1.59. The van der Waals surface area contributed by atoms with Gasteiger partial charge in [0.2, 0.25) is 0 Å². The Labute approximate surface area is 117 Å². The van der Waals surface area contributed by atoms with Crippen LogP contribution < -0.4 is 4.74 Å². The Kier molecular flexibility index (Phi) is 4.17. The van der Waals surface area contributed by atoms with Gasteiger partial charge in [-0.3, -0.25) is 4.79 Å². The second kappa shape index (κ2) is 6.03. The van der Waals surface area contributed by atoms with E-state index < -0.39 is 5.82 Å². The van der Waals surface area contributed by atoms with Crippen molar-refractivity contribution in [3.63, 3.8) is 0 Å². The van der Waals surface area contributed by atoms with E-state index in [9.17, 15) is 9.18 Å². The maximum Gasteiger partial charge on any atom is 0.161 e. The van der Waals surface area contributed by atoms with Crippen molar-refractivity contribution in [1.29, 1.82) is 0 Å². The van der Waals surface area contributed by atoms with Crippen LogP contribution in [-0.2, 0) is 0 Å². The minimum atomic E-state index is -0.408. The van der Waals surface area contributed by atoms with Gasteiger partial charge >= 0.3 is 0 Å². The molecular weight excluding hydrogens is 255 g/mol. The highest BCUT2D eigenvalue weighted by Crippen LogP contribution is 2.13. The first-order valence-corrected chi connectivity index (χ1v) is 6.06. The summed E-state index contributed by atoms with van der Waals surface area (Å²) in [6.45, 7) is 1.44. The fraction of sp³-hybridized carbons (Fsp3) is 0.118. The van der Waals surface area contributed by atoms with Crippen molar-refractivity contribution in [2.45, 2.75) is 6.92 Å². The molecule has 0 aliphatic heterocycles. The van der Waals surface area contributed by atoms with E-state index in [1.165, 1.54) is 25.1 Å². The van der Waals surface area contributed by atoms with Crippen molar-refractivity contribution in [1.82, 2.24) is 0 Å². The van der Waals surface area contributed by atoms with E-state index in [0.29, 0.717) is 11.1 Å². The molecule has 2 rings (SSSR count). The molecule has 0 N–H and O–H groups in total. The summed E-state index contributed by atoms with van der Waals surface area (Å²) in [6.07, 6.45) is 0. The zero-order chi connectivity index (χ0) is 14.5. The van der Waals surface area contributed by atoms with Gasteiger partial charge in [-0.1, -0.05) is 11.8 Å². The van der Waals surface area contributed by atoms with Crippen LogP contribution in [0.1, 0.15) is 28.4 Å². The quantitative estimate of drug-likeness (QED) is 0.616. The SMILES string of the molecule is COc1ccc(C#Cc2cc(F)ccc2C(C)=O)cc1. The topological polar surface area (TPSA) is 26.3 Å². The number of hydrogen-bond acceptors (Lipinski definition) is 2. The molecule has 0 fully saturated rings. The van der Waals surface area contributed by atoms with Crippen LogP contribution in [0.15, 0.2) is 42.5 Å². The molecule has 0 heterocycles. The number of benzene rings is 2. The zero-order valence-corrected chi connectivity index (χ0v) is 11.2. The molecule has 3 heteroatoms. The molecule has 0 spiro atoms. The lowest BCUT2D eigenvalue weighted by molar-refractivity contribution is 0.101. The van der Waals surface area contributed by atoms with E-state index in [-0.39, 0.29) is 5.78 Å². The smallest absolute Gasteiger partial charge is 0.161 e. The van der Waals surface area contributed by atoms with Crippen molar-refractivity contribution in [3.8, 4) is 17.6 Å². The Morgan fingerprint density at radius 2 is 1.80 bits per heavy atom. The number of carbonyl (C=O) groups excluding carboxylic acids is 1. The van der Waals surface area contributed by atoms with Crippen molar-refractivity contribution in [3.05, 3.63) is 65.0 Å². The third-order valence-electron chi connectivity index (χ3n) is 2.79. The van der Waals surface area contributed by atoms with Gasteiger partial charge in [-0.2, -0.15) is 0 Å². The lowest BCUT2D eigenvalue weighted by Gasteiger charge is -2.00. The summed E-state index contributed by atoms with van der Waals surface area (Å²) in [5.41, 5.74) is 1.59. The number of ketones is 1. The highest BCUT2D eigenvalue weighted by Gasteiger charge is 2.06. The minimum Gasteiger partial charge on any atom is -0.497 e. The van der Waals surface area contributed by atoms with Crippen molar-refractivity contribution >= 4 is 5.78 Å². The molecule has 0 aliphatic carbocycles. The lowest BCUT2D eigenvalue weighted by Crippen LogP contribution is -1.97. The molecule has 2 aromatic rings. The maximum atomic E-state index is 13.2. The van der Waals surface area contributed by atoms with E-state index >= 15 is 0 Å². The number of methoxy groups -OCH3 is 1. The summed E-state index contributed by atoms with van der Waals surface area (Å²) in [5, 5.41) is 0. The van der Waals surface area contributed by atoms with E-state index in [1.807, 2.05) is 0 Å².